The molecule has 2 atom stereocenters. The molecule has 3 nitrogen and oxygen atoms in total. The molecule has 70 valence electrons. The number of carbonyl (C=O) groups excluding carboxylic acids is 1. The largest absolute Gasteiger partial charge is 0.468 e. The average Bonchev–Trinajstić information content (AvgIpc) is 2.57. The quantitative estimate of drug-likeness (QED) is 0.642. The first-order valence-electron chi connectivity index (χ1n) is 4.31. The van der Waals surface area contributed by atoms with E-state index in [1.807, 2.05) is 0 Å². The lowest BCUT2D eigenvalue weighted by atomic mass is 10.0. The SMILES string of the molecule is COC(=O)C(N)CC1CC1(C)C. The van der Waals surface area contributed by atoms with E-state index in [2.05, 4.69) is 18.6 Å². The van der Waals surface area contributed by atoms with Crippen LogP contribution in [0.15, 0.2) is 0 Å². The molecule has 0 aromatic carbocycles. The van der Waals surface area contributed by atoms with Crippen molar-refractivity contribution in [2.24, 2.45) is 17.1 Å². The van der Waals surface area contributed by atoms with Crippen LogP contribution in [0.1, 0.15) is 26.7 Å². The molecule has 3 heteroatoms. The first-order chi connectivity index (χ1) is 5.47. The third kappa shape index (κ3) is 1.97. The van der Waals surface area contributed by atoms with Crippen molar-refractivity contribution in [2.75, 3.05) is 7.11 Å². The molecule has 1 fully saturated rings. The van der Waals surface area contributed by atoms with Gasteiger partial charge in [-0.3, -0.25) is 4.79 Å². The third-order valence-electron chi connectivity index (χ3n) is 2.76. The van der Waals surface area contributed by atoms with Gasteiger partial charge < -0.3 is 10.5 Å². The molecule has 1 aliphatic carbocycles. The molecule has 0 radical (unpaired) electrons. The molecule has 1 rings (SSSR count). The summed E-state index contributed by atoms with van der Waals surface area (Å²) in [7, 11) is 1.38. The van der Waals surface area contributed by atoms with Gasteiger partial charge in [0.15, 0.2) is 0 Å². The molecule has 0 saturated heterocycles. The number of carbonyl (C=O) groups is 1. The van der Waals surface area contributed by atoms with Gasteiger partial charge in [0.2, 0.25) is 0 Å². The number of hydrogen-bond donors (Lipinski definition) is 1. The molecular formula is C9H17NO2. The highest BCUT2D eigenvalue weighted by molar-refractivity contribution is 5.75. The van der Waals surface area contributed by atoms with Gasteiger partial charge in [0.25, 0.3) is 0 Å². The van der Waals surface area contributed by atoms with Gasteiger partial charge >= 0.3 is 5.97 Å². The summed E-state index contributed by atoms with van der Waals surface area (Å²) in [6.45, 7) is 4.39. The minimum atomic E-state index is -0.429. The van der Waals surface area contributed by atoms with Crippen molar-refractivity contribution in [1.29, 1.82) is 0 Å². The summed E-state index contributed by atoms with van der Waals surface area (Å²) < 4.78 is 4.54. The Morgan fingerprint density at radius 2 is 2.25 bits per heavy atom. The zero-order valence-electron chi connectivity index (χ0n) is 7.96. The fourth-order valence-electron chi connectivity index (χ4n) is 1.53. The standard InChI is InChI=1S/C9H17NO2/c1-9(2)5-6(9)4-7(10)8(11)12-3/h6-7H,4-5,10H2,1-3H3. The van der Waals surface area contributed by atoms with Gasteiger partial charge in [-0.05, 0) is 24.2 Å². The Kier molecular flexibility index (Phi) is 2.42. The van der Waals surface area contributed by atoms with Crippen LogP contribution in [0.5, 0.6) is 0 Å². The Morgan fingerprint density at radius 1 is 1.75 bits per heavy atom. The van der Waals surface area contributed by atoms with Crippen molar-refractivity contribution in [3.05, 3.63) is 0 Å². The Labute approximate surface area is 73.3 Å². The van der Waals surface area contributed by atoms with E-state index in [1.165, 1.54) is 13.5 Å². The number of rotatable bonds is 3. The Balaban J connectivity index is 2.29. The van der Waals surface area contributed by atoms with E-state index in [9.17, 15) is 4.79 Å². The Morgan fingerprint density at radius 3 is 2.58 bits per heavy atom. The van der Waals surface area contributed by atoms with Crippen LogP contribution in [0, 0.1) is 11.3 Å². The van der Waals surface area contributed by atoms with Crippen molar-refractivity contribution in [2.45, 2.75) is 32.7 Å². The summed E-state index contributed by atoms with van der Waals surface area (Å²) in [4.78, 5) is 10.9. The van der Waals surface area contributed by atoms with Crippen molar-refractivity contribution >= 4 is 5.97 Å². The van der Waals surface area contributed by atoms with Gasteiger partial charge in [0, 0.05) is 0 Å². The molecule has 0 bridgehead atoms. The molecule has 0 heterocycles. The van der Waals surface area contributed by atoms with E-state index in [0.717, 1.165) is 6.42 Å². The van der Waals surface area contributed by atoms with E-state index in [0.29, 0.717) is 11.3 Å². The summed E-state index contributed by atoms with van der Waals surface area (Å²) in [5, 5.41) is 0. The normalized spacial score (nSPS) is 27.8. The molecule has 0 spiro atoms. The van der Waals surface area contributed by atoms with Crippen LogP contribution in [-0.4, -0.2) is 19.1 Å². The fraction of sp³-hybridized carbons (Fsp3) is 0.889. The summed E-state index contributed by atoms with van der Waals surface area (Å²) in [5.41, 5.74) is 6.01. The van der Waals surface area contributed by atoms with Crippen molar-refractivity contribution < 1.29 is 9.53 Å². The first kappa shape index (κ1) is 9.52. The smallest absolute Gasteiger partial charge is 0.322 e. The topological polar surface area (TPSA) is 52.3 Å². The van der Waals surface area contributed by atoms with Crippen molar-refractivity contribution in [1.82, 2.24) is 0 Å². The molecule has 1 saturated carbocycles. The number of nitrogens with two attached hydrogens (primary N) is 1. The lowest BCUT2D eigenvalue weighted by Crippen LogP contribution is -2.32. The molecule has 2 unspecified atom stereocenters. The van der Waals surface area contributed by atoms with Gasteiger partial charge in [-0.15, -0.1) is 0 Å². The molecule has 1 aliphatic rings. The number of esters is 1. The van der Waals surface area contributed by atoms with Crippen LogP contribution in [-0.2, 0) is 9.53 Å². The highest BCUT2D eigenvalue weighted by Gasteiger charge is 2.46. The van der Waals surface area contributed by atoms with Crippen LogP contribution in [0.2, 0.25) is 0 Å². The van der Waals surface area contributed by atoms with Gasteiger partial charge in [-0.25, -0.2) is 0 Å². The van der Waals surface area contributed by atoms with Gasteiger partial charge in [-0.2, -0.15) is 0 Å². The average molecular weight is 171 g/mol. The predicted molar refractivity (Wildman–Crippen MR) is 46.5 cm³/mol. The van der Waals surface area contributed by atoms with Crippen LogP contribution >= 0.6 is 0 Å². The fourth-order valence-corrected chi connectivity index (χ4v) is 1.53. The second kappa shape index (κ2) is 3.05. The molecule has 0 aliphatic heterocycles. The number of ether oxygens (including phenoxy) is 1. The van der Waals surface area contributed by atoms with Gasteiger partial charge in [0.1, 0.15) is 6.04 Å². The van der Waals surface area contributed by atoms with E-state index in [1.54, 1.807) is 0 Å². The van der Waals surface area contributed by atoms with Gasteiger partial charge in [0.05, 0.1) is 7.11 Å². The zero-order chi connectivity index (χ0) is 9.35. The summed E-state index contributed by atoms with van der Waals surface area (Å²) >= 11 is 0. The highest BCUT2D eigenvalue weighted by Crippen LogP contribution is 2.53. The minimum absolute atomic E-state index is 0.294. The van der Waals surface area contributed by atoms with Crippen molar-refractivity contribution in [3.63, 3.8) is 0 Å². The van der Waals surface area contributed by atoms with E-state index >= 15 is 0 Å². The maximum Gasteiger partial charge on any atom is 0.322 e. The van der Waals surface area contributed by atoms with Crippen LogP contribution in [0.25, 0.3) is 0 Å². The van der Waals surface area contributed by atoms with Crippen LogP contribution in [0.4, 0.5) is 0 Å². The van der Waals surface area contributed by atoms with Gasteiger partial charge in [-0.1, -0.05) is 13.8 Å². The van der Waals surface area contributed by atoms with Crippen molar-refractivity contribution in [3.8, 4) is 0 Å². The second-order valence-electron chi connectivity index (χ2n) is 4.25. The summed E-state index contributed by atoms with van der Waals surface area (Å²) in [6, 6.07) is -0.429. The molecular weight excluding hydrogens is 154 g/mol. The first-order valence-corrected chi connectivity index (χ1v) is 4.31. The highest BCUT2D eigenvalue weighted by atomic mass is 16.5. The number of methoxy groups -OCH3 is 1. The third-order valence-corrected chi connectivity index (χ3v) is 2.76. The van der Waals surface area contributed by atoms with E-state index in [4.69, 9.17) is 5.73 Å². The Hall–Kier alpha value is -0.570. The molecule has 2 N–H and O–H groups in total. The molecule has 12 heavy (non-hydrogen) atoms. The lowest BCUT2D eigenvalue weighted by molar-refractivity contribution is -0.142. The van der Waals surface area contributed by atoms with E-state index < -0.39 is 6.04 Å². The summed E-state index contributed by atoms with van der Waals surface area (Å²) in [6.07, 6.45) is 1.94. The number of hydrogen-bond acceptors (Lipinski definition) is 3. The predicted octanol–water partition coefficient (Wildman–Crippen LogP) is 0.923. The Bertz CT molecular complexity index is 189. The lowest BCUT2D eigenvalue weighted by Gasteiger charge is -2.09. The molecule has 0 amide bonds. The maximum atomic E-state index is 10.9. The summed E-state index contributed by atoms with van der Waals surface area (Å²) in [5.74, 6) is 0.310. The van der Waals surface area contributed by atoms with Crippen LogP contribution < -0.4 is 5.73 Å². The monoisotopic (exact) mass is 171 g/mol. The minimum Gasteiger partial charge on any atom is -0.468 e. The van der Waals surface area contributed by atoms with Crippen LogP contribution in [0.3, 0.4) is 0 Å². The second-order valence-corrected chi connectivity index (χ2v) is 4.25. The maximum absolute atomic E-state index is 10.9. The molecule has 0 aromatic heterocycles. The molecule has 0 aromatic rings. The van der Waals surface area contributed by atoms with E-state index in [-0.39, 0.29) is 5.97 Å². The zero-order valence-corrected chi connectivity index (χ0v) is 7.96.